The second kappa shape index (κ2) is 2.98. The molecule has 0 aliphatic carbocycles. The minimum Gasteiger partial charge on any atom is -0.481 e. The van der Waals surface area contributed by atoms with Crippen molar-refractivity contribution in [2.45, 2.75) is 0 Å². The molecular weight excluding hydrogens is 136 g/mol. The summed E-state index contributed by atoms with van der Waals surface area (Å²) in [5.41, 5.74) is 0. The van der Waals surface area contributed by atoms with Gasteiger partial charge in [0.1, 0.15) is 0 Å². The van der Waals surface area contributed by atoms with Gasteiger partial charge < -0.3 is 14.9 Å². The number of hydrogen-bond donors (Lipinski definition) is 2. The fraction of sp³-hybridized carbons (Fsp3) is 0.833. The minimum atomic E-state index is -0.878. The van der Waals surface area contributed by atoms with Crippen LogP contribution in [-0.2, 0) is 9.53 Å². The first kappa shape index (κ1) is 7.50. The van der Waals surface area contributed by atoms with Gasteiger partial charge in [0, 0.05) is 12.5 Å². The molecule has 4 nitrogen and oxygen atoms in total. The highest BCUT2D eigenvalue weighted by atomic mass is 16.5. The molecule has 0 spiro atoms. The van der Waals surface area contributed by atoms with Crippen LogP contribution in [-0.4, -0.2) is 36.0 Å². The summed E-state index contributed by atoms with van der Waals surface area (Å²) >= 11 is 0. The number of hydrogen-bond acceptors (Lipinski definition) is 3. The molecule has 0 bridgehead atoms. The Morgan fingerprint density at radius 2 is 2.30 bits per heavy atom. The molecule has 0 aromatic carbocycles. The molecule has 0 amide bonds. The molecule has 1 aliphatic heterocycles. The van der Waals surface area contributed by atoms with Crippen molar-refractivity contribution in [2.75, 3.05) is 19.8 Å². The third kappa shape index (κ3) is 1.27. The zero-order chi connectivity index (χ0) is 7.56. The van der Waals surface area contributed by atoms with Gasteiger partial charge in [0.05, 0.1) is 19.1 Å². The highest BCUT2D eigenvalue weighted by Gasteiger charge is 2.33. The van der Waals surface area contributed by atoms with E-state index in [0.717, 1.165) is 0 Å². The smallest absolute Gasteiger partial charge is 0.309 e. The second-order valence-corrected chi connectivity index (χ2v) is 2.42. The monoisotopic (exact) mass is 146 g/mol. The van der Waals surface area contributed by atoms with Crippen LogP contribution in [0.2, 0.25) is 0 Å². The summed E-state index contributed by atoms with van der Waals surface area (Å²) in [5, 5.41) is 17.2. The number of ether oxygens (including phenoxy) is 1. The average molecular weight is 146 g/mol. The summed E-state index contributed by atoms with van der Waals surface area (Å²) in [6.07, 6.45) is 0. The van der Waals surface area contributed by atoms with E-state index < -0.39 is 11.9 Å². The zero-order valence-electron chi connectivity index (χ0n) is 5.49. The van der Waals surface area contributed by atoms with Gasteiger partial charge in [-0.05, 0) is 0 Å². The van der Waals surface area contributed by atoms with Crippen LogP contribution in [0, 0.1) is 11.8 Å². The quantitative estimate of drug-likeness (QED) is 0.542. The van der Waals surface area contributed by atoms with Gasteiger partial charge in [-0.1, -0.05) is 0 Å². The standard InChI is InChI=1S/C6H10O4/c7-1-4-2-10-3-5(4)6(8)9/h4-5,7H,1-3H2,(H,8,9)/t4-,5+/m0/s1. The molecular formula is C6H10O4. The van der Waals surface area contributed by atoms with Crippen LogP contribution in [0.1, 0.15) is 0 Å². The number of rotatable bonds is 2. The van der Waals surface area contributed by atoms with E-state index in [2.05, 4.69) is 0 Å². The van der Waals surface area contributed by atoms with Crippen molar-refractivity contribution in [3.63, 3.8) is 0 Å². The van der Waals surface area contributed by atoms with Crippen LogP contribution in [0.25, 0.3) is 0 Å². The van der Waals surface area contributed by atoms with Crippen molar-refractivity contribution in [1.29, 1.82) is 0 Å². The fourth-order valence-corrected chi connectivity index (χ4v) is 1.05. The third-order valence-electron chi connectivity index (χ3n) is 1.75. The molecule has 0 aromatic heterocycles. The van der Waals surface area contributed by atoms with Gasteiger partial charge in [-0.2, -0.15) is 0 Å². The lowest BCUT2D eigenvalue weighted by atomic mass is 9.97. The van der Waals surface area contributed by atoms with Gasteiger partial charge in [0.15, 0.2) is 0 Å². The van der Waals surface area contributed by atoms with Gasteiger partial charge in [0.2, 0.25) is 0 Å². The maximum Gasteiger partial charge on any atom is 0.309 e. The zero-order valence-corrected chi connectivity index (χ0v) is 5.49. The average Bonchev–Trinajstić information content (AvgIpc) is 2.33. The van der Waals surface area contributed by atoms with Crippen LogP contribution >= 0.6 is 0 Å². The first-order valence-electron chi connectivity index (χ1n) is 3.17. The Bertz CT molecular complexity index is 134. The first-order valence-corrected chi connectivity index (χ1v) is 3.17. The van der Waals surface area contributed by atoms with Crippen LogP contribution in [0.3, 0.4) is 0 Å². The molecule has 0 radical (unpaired) electrons. The molecule has 0 aromatic rings. The Hall–Kier alpha value is -0.610. The highest BCUT2D eigenvalue weighted by molar-refractivity contribution is 5.70. The van der Waals surface area contributed by atoms with E-state index in [1.54, 1.807) is 0 Å². The Labute approximate surface area is 58.4 Å². The van der Waals surface area contributed by atoms with Crippen molar-refractivity contribution < 1.29 is 19.7 Å². The Morgan fingerprint density at radius 3 is 2.70 bits per heavy atom. The second-order valence-electron chi connectivity index (χ2n) is 2.42. The van der Waals surface area contributed by atoms with Gasteiger partial charge >= 0.3 is 5.97 Å². The summed E-state index contributed by atoms with van der Waals surface area (Å²) in [6, 6.07) is 0. The lowest BCUT2D eigenvalue weighted by Gasteiger charge is -2.08. The van der Waals surface area contributed by atoms with Gasteiger partial charge in [-0.15, -0.1) is 0 Å². The molecule has 1 aliphatic rings. The maximum atomic E-state index is 10.4. The van der Waals surface area contributed by atoms with Crippen molar-refractivity contribution in [2.24, 2.45) is 11.8 Å². The van der Waals surface area contributed by atoms with E-state index in [0.29, 0.717) is 6.61 Å². The SMILES string of the molecule is O=C(O)[C@@H]1COC[C@@H]1CO. The van der Waals surface area contributed by atoms with E-state index >= 15 is 0 Å². The Morgan fingerprint density at radius 1 is 1.60 bits per heavy atom. The van der Waals surface area contributed by atoms with Crippen LogP contribution in [0.15, 0.2) is 0 Å². The number of carboxylic acids is 1. The molecule has 10 heavy (non-hydrogen) atoms. The Balaban J connectivity index is 2.50. The normalized spacial score (nSPS) is 32.5. The van der Waals surface area contributed by atoms with E-state index in [4.69, 9.17) is 14.9 Å². The van der Waals surface area contributed by atoms with E-state index in [-0.39, 0.29) is 19.1 Å². The lowest BCUT2D eigenvalue weighted by Crippen LogP contribution is -2.24. The van der Waals surface area contributed by atoms with Crippen molar-refractivity contribution in [3.8, 4) is 0 Å². The summed E-state index contributed by atoms with van der Waals surface area (Å²) in [7, 11) is 0. The van der Waals surface area contributed by atoms with Crippen LogP contribution < -0.4 is 0 Å². The predicted octanol–water partition coefficient (Wildman–Crippen LogP) is -0.674. The van der Waals surface area contributed by atoms with Crippen molar-refractivity contribution >= 4 is 5.97 Å². The molecule has 58 valence electrons. The number of carbonyl (C=O) groups is 1. The van der Waals surface area contributed by atoms with E-state index in [1.807, 2.05) is 0 Å². The molecule has 1 fully saturated rings. The van der Waals surface area contributed by atoms with Gasteiger partial charge in [-0.25, -0.2) is 0 Å². The first-order chi connectivity index (χ1) is 4.75. The molecule has 1 saturated heterocycles. The maximum absolute atomic E-state index is 10.4. The largest absolute Gasteiger partial charge is 0.481 e. The molecule has 0 unspecified atom stereocenters. The number of aliphatic hydroxyl groups is 1. The summed E-state index contributed by atoms with van der Waals surface area (Å²) in [4.78, 5) is 10.4. The number of aliphatic hydroxyl groups excluding tert-OH is 1. The van der Waals surface area contributed by atoms with Crippen LogP contribution in [0.4, 0.5) is 0 Å². The van der Waals surface area contributed by atoms with Gasteiger partial charge in [0.25, 0.3) is 0 Å². The van der Waals surface area contributed by atoms with Crippen molar-refractivity contribution in [1.82, 2.24) is 0 Å². The number of carboxylic acid groups (broad SMARTS) is 1. The molecule has 2 atom stereocenters. The Kier molecular flexibility index (Phi) is 2.24. The molecule has 0 saturated carbocycles. The van der Waals surface area contributed by atoms with E-state index in [9.17, 15) is 4.79 Å². The molecule has 1 rings (SSSR count). The summed E-state index contributed by atoms with van der Waals surface area (Å²) < 4.78 is 4.88. The minimum absolute atomic E-state index is 0.100. The lowest BCUT2D eigenvalue weighted by molar-refractivity contribution is -0.143. The topological polar surface area (TPSA) is 66.8 Å². The third-order valence-corrected chi connectivity index (χ3v) is 1.75. The summed E-state index contributed by atoms with van der Waals surface area (Å²) in [6.45, 7) is 0.505. The highest BCUT2D eigenvalue weighted by Crippen LogP contribution is 2.19. The number of aliphatic carboxylic acids is 1. The fourth-order valence-electron chi connectivity index (χ4n) is 1.05. The molecule has 4 heteroatoms. The van der Waals surface area contributed by atoms with Gasteiger partial charge in [-0.3, -0.25) is 4.79 Å². The molecule has 1 heterocycles. The van der Waals surface area contributed by atoms with Crippen LogP contribution in [0.5, 0.6) is 0 Å². The van der Waals surface area contributed by atoms with E-state index in [1.165, 1.54) is 0 Å². The van der Waals surface area contributed by atoms with Crippen molar-refractivity contribution in [3.05, 3.63) is 0 Å². The predicted molar refractivity (Wildman–Crippen MR) is 32.5 cm³/mol. The molecule has 2 N–H and O–H groups in total. The summed E-state index contributed by atoms with van der Waals surface area (Å²) in [5.74, 6) is -1.60.